The standard InChI is InChI=1S/C14H19ClN2O3/c1-2-16-13-4-3-10(15)7-12(13)14(19)17-5-6-20-11(8-17)9-18/h3-4,7,11,16,18H,2,5-6,8-9H2,1H3. The molecule has 1 atom stereocenters. The van der Waals surface area contributed by atoms with E-state index in [4.69, 9.17) is 21.4 Å². The fraction of sp³-hybridized carbons (Fsp3) is 0.500. The highest BCUT2D eigenvalue weighted by Crippen LogP contribution is 2.23. The topological polar surface area (TPSA) is 61.8 Å². The maximum atomic E-state index is 12.6. The van der Waals surface area contributed by atoms with Gasteiger partial charge in [-0.3, -0.25) is 4.79 Å². The quantitative estimate of drug-likeness (QED) is 0.886. The van der Waals surface area contributed by atoms with Crippen molar-refractivity contribution in [3.63, 3.8) is 0 Å². The van der Waals surface area contributed by atoms with Crippen molar-refractivity contribution >= 4 is 23.2 Å². The van der Waals surface area contributed by atoms with Crippen molar-refractivity contribution < 1.29 is 14.6 Å². The first kappa shape index (κ1) is 15.1. The number of aliphatic hydroxyl groups excluding tert-OH is 1. The second-order valence-corrected chi connectivity index (χ2v) is 5.08. The minimum Gasteiger partial charge on any atom is -0.394 e. The van der Waals surface area contributed by atoms with Crippen LogP contribution in [0.1, 0.15) is 17.3 Å². The van der Waals surface area contributed by atoms with Gasteiger partial charge in [-0.1, -0.05) is 11.6 Å². The molecule has 0 bridgehead atoms. The molecule has 1 amide bonds. The summed E-state index contributed by atoms with van der Waals surface area (Å²) in [4.78, 5) is 14.3. The summed E-state index contributed by atoms with van der Waals surface area (Å²) >= 11 is 5.99. The number of morpholine rings is 1. The van der Waals surface area contributed by atoms with Crippen molar-refractivity contribution in [3.8, 4) is 0 Å². The van der Waals surface area contributed by atoms with Crippen LogP contribution in [0.15, 0.2) is 18.2 Å². The van der Waals surface area contributed by atoms with Crippen LogP contribution in [0.3, 0.4) is 0 Å². The molecule has 6 heteroatoms. The summed E-state index contributed by atoms with van der Waals surface area (Å²) in [5.74, 6) is -0.0924. The Labute approximate surface area is 123 Å². The maximum absolute atomic E-state index is 12.6. The Hall–Kier alpha value is -1.30. The average molecular weight is 299 g/mol. The average Bonchev–Trinajstić information content (AvgIpc) is 2.48. The predicted octanol–water partition coefficient (Wildman–Crippen LogP) is 1.61. The number of aliphatic hydroxyl groups is 1. The van der Waals surface area contributed by atoms with E-state index >= 15 is 0 Å². The molecule has 1 saturated heterocycles. The Kier molecular flexibility index (Phi) is 5.23. The summed E-state index contributed by atoms with van der Waals surface area (Å²) in [6.07, 6.45) is -0.311. The van der Waals surface area contributed by atoms with Crippen molar-refractivity contribution in [1.29, 1.82) is 0 Å². The lowest BCUT2D eigenvalue weighted by molar-refractivity contribution is -0.0447. The molecular weight excluding hydrogens is 280 g/mol. The minimum atomic E-state index is -0.311. The number of nitrogens with one attached hydrogen (secondary N) is 1. The van der Waals surface area contributed by atoms with Crippen LogP contribution in [-0.2, 0) is 4.74 Å². The van der Waals surface area contributed by atoms with Crippen LogP contribution in [0, 0.1) is 0 Å². The molecule has 1 heterocycles. The molecule has 0 saturated carbocycles. The molecule has 0 aromatic heterocycles. The number of anilines is 1. The lowest BCUT2D eigenvalue weighted by Gasteiger charge is -2.32. The first-order valence-corrected chi connectivity index (χ1v) is 7.08. The van der Waals surface area contributed by atoms with Crippen molar-refractivity contribution in [1.82, 2.24) is 4.90 Å². The Morgan fingerprint density at radius 1 is 1.60 bits per heavy atom. The van der Waals surface area contributed by atoms with E-state index in [-0.39, 0.29) is 18.6 Å². The minimum absolute atomic E-state index is 0.0839. The van der Waals surface area contributed by atoms with Gasteiger partial charge in [0.1, 0.15) is 0 Å². The second kappa shape index (κ2) is 6.92. The molecule has 2 N–H and O–H groups in total. The van der Waals surface area contributed by atoms with Gasteiger partial charge >= 0.3 is 0 Å². The van der Waals surface area contributed by atoms with E-state index in [1.165, 1.54) is 0 Å². The van der Waals surface area contributed by atoms with E-state index in [2.05, 4.69) is 5.32 Å². The van der Waals surface area contributed by atoms with Gasteiger partial charge in [0.15, 0.2) is 0 Å². The molecule has 1 aromatic carbocycles. The number of carbonyl (C=O) groups excluding carboxylic acids is 1. The van der Waals surface area contributed by atoms with E-state index in [9.17, 15) is 4.79 Å². The summed E-state index contributed by atoms with van der Waals surface area (Å²) in [5.41, 5.74) is 1.33. The fourth-order valence-electron chi connectivity index (χ4n) is 2.22. The van der Waals surface area contributed by atoms with Gasteiger partial charge in [-0.25, -0.2) is 0 Å². The Balaban J connectivity index is 2.21. The molecule has 1 unspecified atom stereocenters. The van der Waals surface area contributed by atoms with Crippen molar-refractivity contribution in [2.24, 2.45) is 0 Å². The second-order valence-electron chi connectivity index (χ2n) is 4.65. The SMILES string of the molecule is CCNc1ccc(Cl)cc1C(=O)N1CCOC(CO)C1. The summed E-state index contributed by atoms with van der Waals surface area (Å²) in [5, 5.41) is 12.8. The molecule has 110 valence electrons. The fourth-order valence-corrected chi connectivity index (χ4v) is 2.39. The van der Waals surface area contributed by atoms with Crippen LogP contribution in [0.25, 0.3) is 0 Å². The van der Waals surface area contributed by atoms with Crippen LogP contribution in [-0.4, -0.2) is 54.9 Å². The third-order valence-corrected chi connectivity index (χ3v) is 3.44. The van der Waals surface area contributed by atoms with E-state index < -0.39 is 0 Å². The van der Waals surface area contributed by atoms with Crippen LogP contribution in [0.2, 0.25) is 5.02 Å². The molecule has 0 spiro atoms. The van der Waals surface area contributed by atoms with Crippen LogP contribution < -0.4 is 5.32 Å². The molecule has 1 fully saturated rings. The molecule has 0 aliphatic carbocycles. The van der Waals surface area contributed by atoms with Gasteiger partial charge in [0.05, 0.1) is 24.9 Å². The Morgan fingerprint density at radius 3 is 3.10 bits per heavy atom. The summed E-state index contributed by atoms with van der Waals surface area (Å²) < 4.78 is 5.36. The van der Waals surface area contributed by atoms with Crippen LogP contribution in [0.5, 0.6) is 0 Å². The van der Waals surface area contributed by atoms with Gasteiger partial charge in [0, 0.05) is 30.3 Å². The largest absolute Gasteiger partial charge is 0.394 e. The van der Waals surface area contributed by atoms with E-state index in [1.807, 2.05) is 13.0 Å². The highest BCUT2D eigenvalue weighted by atomic mass is 35.5. The number of amides is 1. The van der Waals surface area contributed by atoms with E-state index in [1.54, 1.807) is 17.0 Å². The highest BCUT2D eigenvalue weighted by Gasteiger charge is 2.26. The maximum Gasteiger partial charge on any atom is 0.256 e. The van der Waals surface area contributed by atoms with Crippen LogP contribution in [0.4, 0.5) is 5.69 Å². The lowest BCUT2D eigenvalue weighted by Crippen LogP contribution is -2.47. The van der Waals surface area contributed by atoms with Crippen LogP contribution >= 0.6 is 11.6 Å². The summed E-state index contributed by atoms with van der Waals surface area (Å²) in [6, 6.07) is 5.24. The van der Waals surface area contributed by atoms with Gasteiger partial charge in [-0.15, -0.1) is 0 Å². The first-order chi connectivity index (χ1) is 9.65. The Morgan fingerprint density at radius 2 is 2.40 bits per heavy atom. The first-order valence-electron chi connectivity index (χ1n) is 6.70. The van der Waals surface area contributed by atoms with Crippen molar-refractivity contribution in [3.05, 3.63) is 28.8 Å². The molecule has 1 aliphatic heterocycles. The molecule has 0 radical (unpaired) electrons. The molecular formula is C14H19ClN2O3. The van der Waals surface area contributed by atoms with Gasteiger partial charge < -0.3 is 20.1 Å². The smallest absolute Gasteiger partial charge is 0.256 e. The zero-order valence-corrected chi connectivity index (χ0v) is 12.2. The zero-order chi connectivity index (χ0) is 14.5. The third-order valence-electron chi connectivity index (χ3n) is 3.21. The molecule has 5 nitrogen and oxygen atoms in total. The number of halogens is 1. The van der Waals surface area contributed by atoms with Gasteiger partial charge in [-0.05, 0) is 25.1 Å². The monoisotopic (exact) mass is 298 g/mol. The molecule has 2 rings (SSSR count). The normalized spacial score (nSPS) is 18.9. The van der Waals surface area contributed by atoms with E-state index in [0.29, 0.717) is 30.3 Å². The lowest BCUT2D eigenvalue weighted by atomic mass is 10.1. The number of rotatable bonds is 4. The number of benzene rings is 1. The summed E-state index contributed by atoms with van der Waals surface area (Å²) in [6.45, 7) is 3.97. The van der Waals surface area contributed by atoms with Gasteiger partial charge in [0.2, 0.25) is 0 Å². The zero-order valence-electron chi connectivity index (χ0n) is 11.4. The molecule has 20 heavy (non-hydrogen) atoms. The van der Waals surface area contributed by atoms with Crippen molar-refractivity contribution in [2.45, 2.75) is 13.0 Å². The number of hydrogen-bond acceptors (Lipinski definition) is 4. The highest BCUT2D eigenvalue weighted by molar-refractivity contribution is 6.31. The van der Waals surface area contributed by atoms with Crippen molar-refractivity contribution in [2.75, 3.05) is 38.2 Å². The number of nitrogens with zero attached hydrogens (tertiary/aromatic N) is 1. The molecule has 1 aliphatic rings. The number of hydrogen-bond donors (Lipinski definition) is 2. The third kappa shape index (κ3) is 3.42. The number of carbonyl (C=O) groups is 1. The van der Waals surface area contributed by atoms with Gasteiger partial charge in [-0.2, -0.15) is 0 Å². The predicted molar refractivity (Wildman–Crippen MR) is 78.3 cm³/mol. The summed E-state index contributed by atoms with van der Waals surface area (Å²) in [7, 11) is 0. The van der Waals surface area contributed by atoms with E-state index in [0.717, 1.165) is 12.2 Å². The Bertz CT molecular complexity index is 481. The van der Waals surface area contributed by atoms with Gasteiger partial charge in [0.25, 0.3) is 5.91 Å². The molecule has 1 aromatic rings. The number of ether oxygens (including phenoxy) is 1.